The molecule has 0 aliphatic heterocycles. The van der Waals surface area contributed by atoms with E-state index in [-0.39, 0.29) is 0 Å². The number of amides is 1. The molecule has 0 saturated heterocycles. The van der Waals surface area contributed by atoms with Gasteiger partial charge in [-0.2, -0.15) is 0 Å². The van der Waals surface area contributed by atoms with E-state index in [1.807, 2.05) is 6.07 Å². The van der Waals surface area contributed by atoms with Gasteiger partial charge in [0.1, 0.15) is 5.75 Å². The Kier molecular flexibility index (Phi) is 6.67. The van der Waals surface area contributed by atoms with Crippen LogP contribution in [0.1, 0.15) is 13.8 Å². The van der Waals surface area contributed by atoms with Crippen molar-refractivity contribution < 1.29 is 19.1 Å². The molecule has 1 amide bonds. The highest BCUT2D eigenvalue weighted by molar-refractivity contribution is 6.35. The maximum atomic E-state index is 12.2. The zero-order valence-electron chi connectivity index (χ0n) is 13.7. The molecule has 0 saturated carbocycles. The van der Waals surface area contributed by atoms with Gasteiger partial charge in [-0.3, -0.25) is 4.79 Å². The van der Waals surface area contributed by atoms with Gasteiger partial charge in [0.2, 0.25) is 0 Å². The van der Waals surface area contributed by atoms with Crippen molar-refractivity contribution in [3.63, 3.8) is 0 Å². The molecule has 2 aromatic carbocycles. The van der Waals surface area contributed by atoms with Crippen LogP contribution in [0.15, 0.2) is 48.5 Å². The molecule has 1 N–H and O–H groups in total. The number of para-hydroxylation sites is 1. The van der Waals surface area contributed by atoms with Gasteiger partial charge in [-0.25, -0.2) is 4.79 Å². The minimum atomic E-state index is -1.02. The molecule has 0 aliphatic rings. The summed E-state index contributed by atoms with van der Waals surface area (Å²) in [6.45, 7) is 3.01. The fourth-order valence-electron chi connectivity index (χ4n) is 1.90. The van der Waals surface area contributed by atoms with Crippen molar-refractivity contribution in [2.45, 2.75) is 26.1 Å². The van der Waals surface area contributed by atoms with E-state index in [0.717, 1.165) is 0 Å². The van der Waals surface area contributed by atoms with Gasteiger partial charge in [-0.05, 0) is 44.2 Å². The molecule has 25 heavy (non-hydrogen) atoms. The molecule has 0 radical (unpaired) electrons. The van der Waals surface area contributed by atoms with Crippen LogP contribution in [0.5, 0.6) is 5.75 Å². The van der Waals surface area contributed by atoms with Crippen LogP contribution < -0.4 is 10.1 Å². The van der Waals surface area contributed by atoms with Gasteiger partial charge >= 0.3 is 5.97 Å². The molecule has 0 fully saturated rings. The van der Waals surface area contributed by atoms with Crippen LogP contribution in [-0.2, 0) is 14.3 Å². The fraction of sp³-hybridized carbons (Fsp3) is 0.222. The maximum Gasteiger partial charge on any atom is 0.347 e. The number of carbonyl (C=O) groups is 2. The van der Waals surface area contributed by atoms with E-state index >= 15 is 0 Å². The molecule has 2 rings (SSSR count). The van der Waals surface area contributed by atoms with Crippen LogP contribution in [0.25, 0.3) is 0 Å². The number of benzene rings is 2. The quantitative estimate of drug-likeness (QED) is 0.756. The molecular formula is C18H17Cl2NO4. The molecule has 0 spiro atoms. The van der Waals surface area contributed by atoms with Crippen molar-refractivity contribution in [3.05, 3.63) is 58.6 Å². The number of ether oxygens (including phenoxy) is 2. The highest BCUT2D eigenvalue weighted by Gasteiger charge is 2.23. The molecule has 5 nitrogen and oxygen atoms in total. The summed E-state index contributed by atoms with van der Waals surface area (Å²) in [6, 6.07) is 13.5. The number of anilines is 1. The monoisotopic (exact) mass is 381 g/mol. The largest absolute Gasteiger partial charge is 0.479 e. The highest BCUT2D eigenvalue weighted by atomic mass is 35.5. The van der Waals surface area contributed by atoms with Crippen LogP contribution in [0.2, 0.25) is 10.0 Å². The Morgan fingerprint density at radius 3 is 2.36 bits per heavy atom. The third kappa shape index (κ3) is 5.66. The Hall–Kier alpha value is -2.24. The van der Waals surface area contributed by atoms with Gasteiger partial charge in [0.15, 0.2) is 12.2 Å². The highest BCUT2D eigenvalue weighted by Crippen LogP contribution is 2.25. The van der Waals surface area contributed by atoms with E-state index in [0.29, 0.717) is 21.5 Å². The summed E-state index contributed by atoms with van der Waals surface area (Å²) in [7, 11) is 0. The first-order chi connectivity index (χ1) is 11.9. The second-order valence-electron chi connectivity index (χ2n) is 5.27. The fourth-order valence-corrected chi connectivity index (χ4v) is 2.24. The van der Waals surface area contributed by atoms with E-state index in [1.54, 1.807) is 43.3 Å². The van der Waals surface area contributed by atoms with Crippen molar-refractivity contribution >= 4 is 40.8 Å². The zero-order chi connectivity index (χ0) is 18.4. The average molecular weight is 382 g/mol. The summed E-state index contributed by atoms with van der Waals surface area (Å²) >= 11 is 11.9. The Morgan fingerprint density at radius 1 is 1.00 bits per heavy atom. The topological polar surface area (TPSA) is 64.6 Å². The van der Waals surface area contributed by atoms with E-state index in [9.17, 15) is 9.59 Å². The van der Waals surface area contributed by atoms with Crippen LogP contribution in [0.4, 0.5) is 5.69 Å². The predicted octanol–water partition coefficient (Wildman–Crippen LogP) is 4.33. The minimum absolute atomic E-state index is 0.331. The average Bonchev–Trinajstić information content (AvgIpc) is 2.58. The third-order valence-corrected chi connectivity index (χ3v) is 3.80. The third-order valence-electron chi connectivity index (χ3n) is 3.24. The molecule has 0 heterocycles. The molecular weight excluding hydrogens is 365 g/mol. The molecule has 7 heteroatoms. The van der Waals surface area contributed by atoms with Crippen LogP contribution in [0, 0.1) is 0 Å². The van der Waals surface area contributed by atoms with Gasteiger partial charge in [0, 0.05) is 5.02 Å². The van der Waals surface area contributed by atoms with Crippen LogP contribution >= 0.6 is 23.2 Å². The first-order valence-corrected chi connectivity index (χ1v) is 8.30. The first kappa shape index (κ1) is 19.1. The second kappa shape index (κ2) is 8.74. The molecule has 0 aromatic heterocycles. The molecule has 2 atom stereocenters. The van der Waals surface area contributed by atoms with Gasteiger partial charge in [0.25, 0.3) is 5.91 Å². The van der Waals surface area contributed by atoms with Gasteiger partial charge in [-0.1, -0.05) is 41.4 Å². The second-order valence-corrected chi connectivity index (χ2v) is 6.11. The van der Waals surface area contributed by atoms with E-state index < -0.39 is 24.1 Å². The summed E-state index contributed by atoms with van der Waals surface area (Å²) < 4.78 is 10.6. The SMILES string of the molecule is C[C@H](OC(=O)[C@@H](C)Oc1ccccc1)C(=O)Nc1cc(Cl)ccc1Cl. The van der Waals surface area contributed by atoms with Gasteiger partial charge < -0.3 is 14.8 Å². The summed E-state index contributed by atoms with van der Waals surface area (Å²) in [5.74, 6) is -0.636. The molecule has 2 aromatic rings. The Morgan fingerprint density at radius 2 is 1.68 bits per heavy atom. The van der Waals surface area contributed by atoms with E-state index in [2.05, 4.69) is 5.32 Å². The van der Waals surface area contributed by atoms with Crippen molar-refractivity contribution in [2.24, 2.45) is 0 Å². The van der Waals surface area contributed by atoms with Crippen LogP contribution in [-0.4, -0.2) is 24.1 Å². The van der Waals surface area contributed by atoms with Gasteiger partial charge in [0.05, 0.1) is 10.7 Å². The van der Waals surface area contributed by atoms with E-state index in [4.69, 9.17) is 32.7 Å². The minimum Gasteiger partial charge on any atom is -0.479 e. The molecule has 0 unspecified atom stereocenters. The first-order valence-electron chi connectivity index (χ1n) is 7.55. The number of halogens is 2. The molecule has 132 valence electrons. The summed E-state index contributed by atoms with van der Waals surface area (Å²) in [4.78, 5) is 24.2. The molecule has 0 bridgehead atoms. The van der Waals surface area contributed by atoms with Crippen molar-refractivity contribution in [3.8, 4) is 5.75 Å². The number of hydrogen-bond donors (Lipinski definition) is 1. The van der Waals surface area contributed by atoms with Gasteiger partial charge in [-0.15, -0.1) is 0 Å². The normalized spacial score (nSPS) is 12.8. The zero-order valence-corrected chi connectivity index (χ0v) is 15.2. The number of carbonyl (C=O) groups excluding carboxylic acids is 2. The number of hydrogen-bond acceptors (Lipinski definition) is 4. The number of nitrogens with one attached hydrogen (secondary N) is 1. The van der Waals surface area contributed by atoms with Crippen molar-refractivity contribution in [1.29, 1.82) is 0 Å². The standard InChI is InChI=1S/C18H17Cl2NO4/c1-11(17(22)21-16-10-13(19)8-9-15(16)20)25-18(23)12(2)24-14-6-4-3-5-7-14/h3-12H,1-2H3,(H,21,22)/t11-,12+/m0/s1. The summed E-state index contributed by atoms with van der Waals surface area (Å²) in [5, 5.41) is 3.33. The predicted molar refractivity (Wildman–Crippen MR) is 97.2 cm³/mol. The lowest BCUT2D eigenvalue weighted by Crippen LogP contribution is -2.35. The van der Waals surface area contributed by atoms with E-state index in [1.165, 1.54) is 13.0 Å². The Labute approximate surface area is 155 Å². The van der Waals surface area contributed by atoms with Crippen molar-refractivity contribution in [1.82, 2.24) is 0 Å². The molecule has 0 aliphatic carbocycles. The lowest BCUT2D eigenvalue weighted by Gasteiger charge is -2.18. The Balaban J connectivity index is 1.91. The maximum absolute atomic E-state index is 12.2. The lowest BCUT2D eigenvalue weighted by molar-refractivity contribution is -0.159. The smallest absolute Gasteiger partial charge is 0.347 e. The Bertz CT molecular complexity index is 752. The van der Waals surface area contributed by atoms with Crippen LogP contribution in [0.3, 0.4) is 0 Å². The van der Waals surface area contributed by atoms with Crippen molar-refractivity contribution in [2.75, 3.05) is 5.32 Å². The lowest BCUT2D eigenvalue weighted by atomic mass is 10.3. The number of esters is 1. The summed E-state index contributed by atoms with van der Waals surface area (Å²) in [5.41, 5.74) is 0.343. The summed E-state index contributed by atoms with van der Waals surface area (Å²) in [6.07, 6.45) is -1.88. The number of rotatable bonds is 6.